The van der Waals surface area contributed by atoms with Crippen molar-refractivity contribution in [2.75, 3.05) is 20.1 Å². The van der Waals surface area contributed by atoms with Gasteiger partial charge in [-0.2, -0.15) is 13.2 Å². The summed E-state index contributed by atoms with van der Waals surface area (Å²) in [6.45, 7) is 40.0. The summed E-state index contributed by atoms with van der Waals surface area (Å²) in [4.78, 5) is 27.4. The monoisotopic (exact) mass is 818 g/mol. The lowest BCUT2D eigenvalue weighted by Crippen LogP contribution is -2.51. The molecule has 0 aromatic heterocycles. The molecular formula is C48H82F3N5O2. The normalized spacial score (nSPS) is 27.1. The van der Waals surface area contributed by atoms with Crippen LogP contribution in [0.15, 0.2) is 75.3 Å². The van der Waals surface area contributed by atoms with Crippen LogP contribution in [-0.2, 0) is 9.59 Å². The van der Waals surface area contributed by atoms with Gasteiger partial charge in [0.05, 0.1) is 11.7 Å². The number of nitrogens with one attached hydrogen (secondary N) is 4. The summed E-state index contributed by atoms with van der Waals surface area (Å²) in [6, 6.07) is -0.598. The second-order valence-electron chi connectivity index (χ2n) is 17.0. The third-order valence-electron chi connectivity index (χ3n) is 11.8. The highest BCUT2D eigenvalue weighted by Gasteiger charge is 2.69. The zero-order chi connectivity index (χ0) is 45.4. The van der Waals surface area contributed by atoms with Crippen LogP contribution in [-0.4, -0.2) is 67.1 Å². The van der Waals surface area contributed by atoms with E-state index in [4.69, 9.17) is 0 Å². The molecule has 1 amide bonds. The third-order valence-corrected chi connectivity index (χ3v) is 11.8. The van der Waals surface area contributed by atoms with Crippen LogP contribution < -0.4 is 21.3 Å². The Bertz CT molecular complexity index is 1300. The fourth-order valence-corrected chi connectivity index (χ4v) is 8.05. The number of alkyl halides is 3. The van der Waals surface area contributed by atoms with Crippen molar-refractivity contribution in [1.29, 1.82) is 0 Å². The second kappa shape index (κ2) is 27.9. The van der Waals surface area contributed by atoms with Crippen molar-refractivity contribution in [2.45, 2.75) is 145 Å². The molecule has 0 aromatic carbocycles. The minimum absolute atomic E-state index is 0.00432. The van der Waals surface area contributed by atoms with E-state index in [0.717, 1.165) is 12.3 Å². The van der Waals surface area contributed by atoms with Gasteiger partial charge in [-0.25, -0.2) is 0 Å². The van der Waals surface area contributed by atoms with Crippen molar-refractivity contribution in [3.05, 3.63) is 75.3 Å². The number of allylic oxidation sites excluding steroid dienone is 4. The summed E-state index contributed by atoms with van der Waals surface area (Å²) in [5, 5.41) is 12.0. The Kier molecular flexibility index (Phi) is 27.1. The molecule has 0 radical (unpaired) electrons. The van der Waals surface area contributed by atoms with E-state index in [0.29, 0.717) is 48.3 Å². The van der Waals surface area contributed by atoms with Gasteiger partial charge in [0.1, 0.15) is 6.04 Å². The molecule has 2 aliphatic carbocycles. The standard InChI is InChI=1S/C20H30F3N3O2.C14H25N.C10H21N.C2H4.C2H2/c1-6-19(5)13-11-26(8-3)16(15(13)19)18(28)25-14(9-10-20(21,22)23)17(27)12(4)24-7-2;1-11-7-5-6-8-12(2)10-14(9-11)13(3)15-4;1-6-8-9(11-7-2)10(3,4)5;2*1-2/h8,13-16,24H,3-4,6-7,9-11H2,1-2,5H3,(H,25,28);5-8,11-15H,9-10H2,1-4H3;7,9,11H,2,6,8H2,1,3-5H3;1-2H2;1-2H/b;7-5-,8-6-;;;/t13?,14?,15-,16?,19-;;;;/m0..../s1. The number of amides is 1. The van der Waals surface area contributed by atoms with E-state index < -0.39 is 42.8 Å². The summed E-state index contributed by atoms with van der Waals surface area (Å²) >= 11 is 0. The zero-order valence-corrected chi connectivity index (χ0v) is 38.1. The van der Waals surface area contributed by atoms with Crippen LogP contribution in [0.3, 0.4) is 0 Å². The van der Waals surface area contributed by atoms with Gasteiger partial charge in [0.2, 0.25) is 5.91 Å². The SMILES string of the molecule is C#C.C=C.C=CN1CC2[C@@H](C1C(=O)NC(CCC(F)(F)F)C(=O)C(=C)NCC)[C@@]2(C)CC.C=CNC(CCC)C(C)(C)C.CNC(C)C1CC(C)/C=C\C=C/C(C)C1. The Hall–Kier alpha value is -3.71. The number of likely N-dealkylation sites (tertiary alicyclic amines) is 1. The van der Waals surface area contributed by atoms with Gasteiger partial charge in [0.15, 0.2) is 5.78 Å². The average molecular weight is 818 g/mol. The Balaban J connectivity index is 0. The van der Waals surface area contributed by atoms with E-state index >= 15 is 0 Å². The molecule has 2 fully saturated rings. The van der Waals surface area contributed by atoms with Gasteiger partial charge in [-0.05, 0) is 99.4 Å². The molecule has 0 bridgehead atoms. The van der Waals surface area contributed by atoms with E-state index in [-0.39, 0.29) is 17.0 Å². The predicted octanol–water partition coefficient (Wildman–Crippen LogP) is 10.4. The molecule has 3 aliphatic rings. The summed E-state index contributed by atoms with van der Waals surface area (Å²) in [7, 11) is 2.07. The van der Waals surface area contributed by atoms with E-state index in [2.05, 4.69) is 161 Å². The van der Waals surface area contributed by atoms with Crippen molar-refractivity contribution in [2.24, 2.45) is 40.4 Å². The molecule has 1 saturated heterocycles. The molecule has 0 spiro atoms. The minimum atomic E-state index is -4.41. The molecule has 10 heteroatoms. The minimum Gasteiger partial charge on any atom is -0.388 e. The number of hydrogen-bond acceptors (Lipinski definition) is 6. The van der Waals surface area contributed by atoms with Gasteiger partial charge < -0.3 is 26.2 Å². The number of piperidine rings is 1. The number of likely N-dealkylation sites (N-methyl/N-ethyl adjacent to an activating group) is 1. The van der Waals surface area contributed by atoms with Gasteiger partial charge in [-0.15, -0.1) is 26.0 Å². The Morgan fingerprint density at radius 1 is 1.00 bits per heavy atom. The lowest BCUT2D eigenvalue weighted by atomic mass is 9.84. The Labute approximate surface area is 353 Å². The smallest absolute Gasteiger partial charge is 0.388 e. The van der Waals surface area contributed by atoms with Gasteiger partial charge in [-0.1, -0.05) is 112 Å². The van der Waals surface area contributed by atoms with Gasteiger partial charge in [-0.3, -0.25) is 9.59 Å². The molecular weight excluding hydrogens is 736 g/mol. The number of hydrogen-bond donors (Lipinski definition) is 4. The van der Waals surface area contributed by atoms with Crippen molar-refractivity contribution in [3.8, 4) is 12.8 Å². The maximum atomic E-state index is 13.0. The topological polar surface area (TPSA) is 85.5 Å². The number of fused-ring (bicyclic) bond motifs is 1. The van der Waals surface area contributed by atoms with Crippen molar-refractivity contribution in [1.82, 2.24) is 26.2 Å². The molecule has 7 unspecified atom stereocenters. The summed E-state index contributed by atoms with van der Waals surface area (Å²) in [5.74, 6) is 1.61. The molecule has 1 saturated carbocycles. The lowest BCUT2D eigenvalue weighted by molar-refractivity contribution is -0.141. The Morgan fingerprint density at radius 3 is 1.93 bits per heavy atom. The van der Waals surface area contributed by atoms with Crippen LogP contribution in [0, 0.1) is 53.3 Å². The first-order valence-corrected chi connectivity index (χ1v) is 21.1. The predicted molar refractivity (Wildman–Crippen MR) is 242 cm³/mol. The fourth-order valence-electron chi connectivity index (χ4n) is 8.05. The van der Waals surface area contributed by atoms with Crippen LogP contribution in [0.25, 0.3) is 0 Å². The zero-order valence-electron chi connectivity index (χ0n) is 38.1. The van der Waals surface area contributed by atoms with Crippen molar-refractivity contribution < 1.29 is 22.8 Å². The molecule has 0 aromatic rings. The van der Waals surface area contributed by atoms with E-state index in [1.807, 2.05) is 4.90 Å². The number of rotatable bonds is 16. The number of terminal acetylenes is 1. The van der Waals surface area contributed by atoms with E-state index in [1.165, 1.54) is 25.7 Å². The first kappa shape index (κ1) is 56.4. The van der Waals surface area contributed by atoms with Crippen LogP contribution in [0.4, 0.5) is 13.2 Å². The van der Waals surface area contributed by atoms with E-state index in [9.17, 15) is 22.8 Å². The quantitative estimate of drug-likeness (QED) is 0.0705. The van der Waals surface area contributed by atoms with Crippen LogP contribution in [0.5, 0.6) is 0 Å². The second-order valence-corrected chi connectivity index (χ2v) is 17.0. The van der Waals surface area contributed by atoms with Crippen LogP contribution in [0.2, 0.25) is 0 Å². The highest BCUT2D eigenvalue weighted by molar-refractivity contribution is 6.01. The maximum absolute atomic E-state index is 13.0. The van der Waals surface area contributed by atoms with Crippen LogP contribution in [0.1, 0.15) is 114 Å². The number of Topliss-reactive ketones (excluding diaryl/α,β-unsaturated/α-hetero) is 1. The fraction of sp³-hybridized carbons (Fsp3) is 0.667. The molecule has 1 heterocycles. The molecule has 3 rings (SSSR count). The lowest BCUT2D eigenvalue weighted by Gasteiger charge is -2.31. The number of carbonyl (C=O) groups excluding carboxylic acids is 2. The van der Waals surface area contributed by atoms with E-state index in [1.54, 1.807) is 19.3 Å². The molecule has 332 valence electrons. The molecule has 58 heavy (non-hydrogen) atoms. The van der Waals surface area contributed by atoms with Crippen LogP contribution >= 0.6 is 0 Å². The molecule has 7 nitrogen and oxygen atoms in total. The largest absolute Gasteiger partial charge is 0.389 e. The van der Waals surface area contributed by atoms with Crippen molar-refractivity contribution in [3.63, 3.8) is 0 Å². The summed E-state index contributed by atoms with van der Waals surface area (Å²) in [5.41, 5.74) is 0.384. The van der Waals surface area contributed by atoms with Crippen molar-refractivity contribution >= 4 is 11.7 Å². The average Bonchev–Trinajstić information content (AvgIpc) is 3.50. The highest BCUT2D eigenvalue weighted by Crippen LogP contribution is 2.66. The summed E-state index contributed by atoms with van der Waals surface area (Å²) < 4.78 is 38.1. The Morgan fingerprint density at radius 2 is 1.53 bits per heavy atom. The van der Waals surface area contributed by atoms with Gasteiger partial charge >= 0.3 is 6.18 Å². The molecule has 4 N–H and O–H groups in total. The summed E-state index contributed by atoms with van der Waals surface area (Å²) in [6.07, 6.45) is 20.3. The van der Waals surface area contributed by atoms with Gasteiger partial charge in [0.25, 0.3) is 0 Å². The first-order valence-electron chi connectivity index (χ1n) is 21.1. The third kappa shape index (κ3) is 18.9. The maximum Gasteiger partial charge on any atom is 0.389 e. The molecule has 9 atom stereocenters. The highest BCUT2D eigenvalue weighted by atomic mass is 19.4. The number of halogens is 3. The molecule has 1 aliphatic heterocycles. The van der Waals surface area contributed by atoms with Gasteiger partial charge in [0, 0.05) is 31.6 Å². The number of carbonyl (C=O) groups is 2. The number of nitrogens with zero attached hydrogens (tertiary/aromatic N) is 1. The number of ketones is 1. The first-order chi connectivity index (χ1) is 27.1.